The number of carbonyl (C=O) groups excluding carboxylic acids is 1. The molecule has 0 N–H and O–H groups in total. The molecular weight excluding hydrogens is 364 g/mol. The molecule has 9 heteroatoms. The zero-order valence-corrected chi connectivity index (χ0v) is 9.92. The van der Waals surface area contributed by atoms with Crippen LogP contribution in [0.5, 0.6) is 5.88 Å². The predicted octanol–water partition coefficient (Wildman–Crippen LogP) is 3.33. The van der Waals surface area contributed by atoms with Crippen LogP contribution >= 0.6 is 22.6 Å². The third-order valence-corrected chi connectivity index (χ3v) is 2.45. The minimum absolute atomic E-state index is 0.0952. The van der Waals surface area contributed by atoms with Crippen LogP contribution in [-0.4, -0.2) is 17.6 Å². The van der Waals surface area contributed by atoms with Gasteiger partial charge in [-0.1, -0.05) is 0 Å². The number of halogens is 6. The van der Waals surface area contributed by atoms with Gasteiger partial charge in [0.15, 0.2) is 6.29 Å². The molecule has 0 aliphatic rings. The lowest BCUT2D eigenvalue weighted by Crippen LogP contribution is -2.19. The van der Waals surface area contributed by atoms with Gasteiger partial charge in [-0.15, -0.1) is 13.2 Å². The van der Waals surface area contributed by atoms with Crippen LogP contribution in [0.2, 0.25) is 0 Å². The molecular formula is C8H3F5INO2. The molecule has 0 aromatic carbocycles. The van der Waals surface area contributed by atoms with E-state index in [0.717, 1.165) is 6.07 Å². The number of hydrogen-bond acceptors (Lipinski definition) is 3. The van der Waals surface area contributed by atoms with Gasteiger partial charge in [0.25, 0.3) is 6.43 Å². The Bertz CT molecular complexity index is 435. The molecule has 1 aromatic heterocycles. The zero-order chi connectivity index (χ0) is 13.2. The second kappa shape index (κ2) is 5.10. The number of aldehydes is 1. The Morgan fingerprint density at radius 2 is 2.00 bits per heavy atom. The van der Waals surface area contributed by atoms with Crippen molar-refractivity contribution in [2.75, 3.05) is 0 Å². The van der Waals surface area contributed by atoms with E-state index in [2.05, 4.69) is 9.72 Å². The number of ether oxygens (including phenoxy) is 1. The normalized spacial score (nSPS) is 11.7. The number of alkyl halides is 5. The van der Waals surface area contributed by atoms with Crippen LogP contribution in [-0.2, 0) is 0 Å². The van der Waals surface area contributed by atoms with Crippen molar-refractivity contribution < 1.29 is 31.5 Å². The van der Waals surface area contributed by atoms with Crippen molar-refractivity contribution in [2.24, 2.45) is 0 Å². The molecule has 3 nitrogen and oxygen atoms in total. The van der Waals surface area contributed by atoms with E-state index in [-0.39, 0.29) is 9.86 Å². The van der Waals surface area contributed by atoms with Gasteiger partial charge in [0.2, 0.25) is 5.88 Å². The highest BCUT2D eigenvalue weighted by Crippen LogP contribution is 2.29. The van der Waals surface area contributed by atoms with E-state index in [4.69, 9.17) is 0 Å². The minimum Gasteiger partial charge on any atom is -0.388 e. The van der Waals surface area contributed by atoms with Crippen LogP contribution in [0.25, 0.3) is 0 Å². The van der Waals surface area contributed by atoms with Crippen LogP contribution in [0, 0.1) is 3.57 Å². The van der Waals surface area contributed by atoms with E-state index in [9.17, 15) is 26.7 Å². The van der Waals surface area contributed by atoms with Crippen molar-refractivity contribution >= 4 is 28.9 Å². The number of pyridine rings is 1. The van der Waals surface area contributed by atoms with E-state index < -0.39 is 29.9 Å². The summed E-state index contributed by atoms with van der Waals surface area (Å²) in [7, 11) is 0. The van der Waals surface area contributed by atoms with Gasteiger partial charge in [-0.3, -0.25) is 4.79 Å². The first-order chi connectivity index (χ1) is 7.74. The molecule has 94 valence electrons. The maximum Gasteiger partial charge on any atom is 0.574 e. The fourth-order valence-corrected chi connectivity index (χ4v) is 1.64. The lowest BCUT2D eigenvalue weighted by Gasteiger charge is -2.11. The van der Waals surface area contributed by atoms with Gasteiger partial charge < -0.3 is 4.74 Å². The largest absolute Gasteiger partial charge is 0.574 e. The van der Waals surface area contributed by atoms with Gasteiger partial charge in [-0.25, -0.2) is 13.8 Å². The van der Waals surface area contributed by atoms with Crippen molar-refractivity contribution in [1.29, 1.82) is 0 Å². The third-order valence-electron chi connectivity index (χ3n) is 1.56. The summed E-state index contributed by atoms with van der Waals surface area (Å²) in [5.74, 6) is -1.03. The molecule has 1 aromatic rings. The van der Waals surface area contributed by atoms with Gasteiger partial charge in [-0.2, -0.15) is 0 Å². The molecule has 0 fully saturated rings. The van der Waals surface area contributed by atoms with Crippen molar-refractivity contribution in [3.05, 3.63) is 20.9 Å². The van der Waals surface area contributed by atoms with Gasteiger partial charge >= 0.3 is 6.36 Å². The molecule has 0 saturated heterocycles. The summed E-state index contributed by atoms with van der Waals surface area (Å²) in [6, 6.07) is 0.754. The summed E-state index contributed by atoms with van der Waals surface area (Å²) in [6.07, 6.45) is -8.09. The molecule has 0 unspecified atom stereocenters. The van der Waals surface area contributed by atoms with E-state index in [1.165, 1.54) is 22.6 Å². The van der Waals surface area contributed by atoms with Crippen LogP contribution in [0.15, 0.2) is 6.07 Å². The first kappa shape index (κ1) is 14.1. The Balaban J connectivity index is 3.24. The fraction of sp³-hybridized carbons (Fsp3) is 0.250. The molecule has 0 radical (unpaired) electrons. The first-order valence-electron chi connectivity index (χ1n) is 3.94. The maximum atomic E-state index is 12.4. The zero-order valence-electron chi connectivity index (χ0n) is 7.76. The molecule has 1 heterocycles. The van der Waals surface area contributed by atoms with E-state index in [0.29, 0.717) is 0 Å². The topological polar surface area (TPSA) is 39.2 Å². The molecule has 0 atom stereocenters. The van der Waals surface area contributed by atoms with Crippen LogP contribution in [0.3, 0.4) is 0 Å². The SMILES string of the molecule is O=Cc1c(I)cc(OC(F)(F)F)nc1C(F)F. The average Bonchev–Trinajstić information content (AvgIpc) is 2.13. The Kier molecular flexibility index (Phi) is 4.22. The standard InChI is InChI=1S/C8H3F5INO2/c9-7(10)6-3(2-16)4(14)1-5(15-6)17-8(11,12)13/h1-2,7H. The predicted molar refractivity (Wildman–Crippen MR) is 54.0 cm³/mol. The molecule has 0 aliphatic carbocycles. The van der Waals surface area contributed by atoms with Crippen molar-refractivity contribution in [1.82, 2.24) is 4.98 Å². The molecule has 1 rings (SSSR count). The molecule has 0 amide bonds. The number of aromatic nitrogens is 1. The van der Waals surface area contributed by atoms with Gasteiger partial charge in [-0.05, 0) is 22.6 Å². The number of hydrogen-bond donors (Lipinski definition) is 0. The number of carbonyl (C=O) groups is 1. The third kappa shape index (κ3) is 3.75. The van der Waals surface area contributed by atoms with Gasteiger partial charge in [0.05, 0.1) is 5.56 Å². The Morgan fingerprint density at radius 3 is 2.41 bits per heavy atom. The van der Waals surface area contributed by atoms with E-state index in [1.807, 2.05) is 0 Å². The highest BCUT2D eigenvalue weighted by atomic mass is 127. The molecule has 0 spiro atoms. The van der Waals surface area contributed by atoms with Crippen molar-refractivity contribution in [3.8, 4) is 5.88 Å². The minimum atomic E-state index is -5.03. The van der Waals surface area contributed by atoms with Gasteiger partial charge in [0.1, 0.15) is 5.69 Å². The Hall–Kier alpha value is -1.00. The highest BCUT2D eigenvalue weighted by Gasteiger charge is 2.33. The number of rotatable bonds is 3. The summed E-state index contributed by atoms with van der Waals surface area (Å²) in [6.45, 7) is 0. The highest BCUT2D eigenvalue weighted by molar-refractivity contribution is 14.1. The van der Waals surface area contributed by atoms with Gasteiger partial charge in [0, 0.05) is 9.64 Å². The van der Waals surface area contributed by atoms with Crippen molar-refractivity contribution in [3.63, 3.8) is 0 Å². The summed E-state index contributed by atoms with van der Waals surface area (Å²) < 4.78 is 63.8. The lowest BCUT2D eigenvalue weighted by atomic mass is 10.2. The summed E-state index contributed by atoms with van der Waals surface area (Å²) in [5, 5.41) is 0. The second-order valence-electron chi connectivity index (χ2n) is 2.71. The average molecular weight is 367 g/mol. The lowest BCUT2D eigenvalue weighted by molar-refractivity contribution is -0.276. The smallest absolute Gasteiger partial charge is 0.388 e. The quantitative estimate of drug-likeness (QED) is 0.468. The van der Waals surface area contributed by atoms with E-state index >= 15 is 0 Å². The summed E-state index contributed by atoms with van der Waals surface area (Å²) in [5.41, 5.74) is -1.48. The summed E-state index contributed by atoms with van der Waals surface area (Å²) >= 11 is 1.44. The maximum absolute atomic E-state index is 12.4. The van der Waals surface area contributed by atoms with E-state index in [1.54, 1.807) is 0 Å². The molecule has 17 heavy (non-hydrogen) atoms. The Morgan fingerprint density at radius 1 is 1.41 bits per heavy atom. The fourth-order valence-electron chi connectivity index (χ4n) is 0.974. The van der Waals surface area contributed by atoms with Crippen LogP contribution in [0.4, 0.5) is 22.0 Å². The Labute approximate surface area is 105 Å². The molecule has 0 bridgehead atoms. The molecule has 0 aliphatic heterocycles. The number of nitrogens with zero attached hydrogens (tertiary/aromatic N) is 1. The first-order valence-corrected chi connectivity index (χ1v) is 5.02. The van der Waals surface area contributed by atoms with Crippen molar-refractivity contribution in [2.45, 2.75) is 12.8 Å². The summed E-state index contributed by atoms with van der Waals surface area (Å²) in [4.78, 5) is 13.5. The monoisotopic (exact) mass is 367 g/mol. The second-order valence-corrected chi connectivity index (χ2v) is 3.87. The molecule has 0 saturated carbocycles. The van der Waals surface area contributed by atoms with Crippen LogP contribution < -0.4 is 4.74 Å². The van der Waals surface area contributed by atoms with Crippen LogP contribution in [0.1, 0.15) is 22.5 Å².